The zero-order valence-corrected chi connectivity index (χ0v) is 12.9. The van der Waals surface area contributed by atoms with Gasteiger partial charge >= 0.3 is 0 Å². The largest absolute Gasteiger partial charge is 0.0651 e. The number of benzene rings is 1. The van der Waals surface area contributed by atoms with E-state index in [0.717, 1.165) is 11.8 Å². The highest BCUT2D eigenvalue weighted by molar-refractivity contribution is 5.27. The van der Waals surface area contributed by atoms with Crippen LogP contribution in [0.15, 0.2) is 24.3 Å². The summed E-state index contributed by atoms with van der Waals surface area (Å²) in [6.45, 7) is 11.5. The van der Waals surface area contributed by atoms with E-state index in [1.165, 1.54) is 36.8 Å². The van der Waals surface area contributed by atoms with Crippen LogP contribution in [0.1, 0.15) is 83.3 Å². The molecule has 0 aliphatic heterocycles. The minimum atomic E-state index is 0.638. The van der Waals surface area contributed by atoms with Crippen molar-refractivity contribution >= 4 is 0 Å². The van der Waals surface area contributed by atoms with E-state index in [0.29, 0.717) is 5.92 Å². The van der Waals surface area contributed by atoms with Crippen LogP contribution in [0.25, 0.3) is 0 Å². The molecule has 1 aromatic carbocycles. The Morgan fingerprint density at radius 3 is 1.78 bits per heavy atom. The lowest BCUT2D eigenvalue weighted by atomic mass is 9.87. The molecule has 0 fully saturated rings. The molecule has 0 aliphatic carbocycles. The lowest BCUT2D eigenvalue weighted by Crippen LogP contribution is -2.01. The van der Waals surface area contributed by atoms with Crippen LogP contribution in [0.3, 0.4) is 0 Å². The van der Waals surface area contributed by atoms with E-state index in [9.17, 15) is 0 Å². The predicted octanol–water partition coefficient (Wildman–Crippen LogP) is 6.13. The van der Waals surface area contributed by atoms with Crippen molar-refractivity contribution in [3.63, 3.8) is 0 Å². The van der Waals surface area contributed by atoms with Crippen LogP contribution in [-0.4, -0.2) is 0 Å². The van der Waals surface area contributed by atoms with E-state index in [1.54, 1.807) is 0 Å². The Morgan fingerprint density at radius 1 is 0.778 bits per heavy atom. The summed E-state index contributed by atoms with van der Waals surface area (Å²) in [7, 11) is 0. The molecule has 1 aromatic rings. The second-order valence-electron chi connectivity index (χ2n) is 6.02. The van der Waals surface area contributed by atoms with E-state index in [4.69, 9.17) is 0 Å². The fourth-order valence-corrected chi connectivity index (χ4v) is 2.45. The van der Waals surface area contributed by atoms with Gasteiger partial charge in [-0.1, -0.05) is 71.7 Å². The number of hydrogen-bond donors (Lipinski definition) is 0. The van der Waals surface area contributed by atoms with Gasteiger partial charge in [0.05, 0.1) is 0 Å². The Morgan fingerprint density at radius 2 is 1.33 bits per heavy atom. The van der Waals surface area contributed by atoms with Gasteiger partial charge < -0.3 is 0 Å². The Balaban J connectivity index is 2.64. The van der Waals surface area contributed by atoms with Crippen LogP contribution >= 0.6 is 0 Å². The minimum absolute atomic E-state index is 0.638. The first-order chi connectivity index (χ1) is 8.58. The van der Waals surface area contributed by atoms with Crippen LogP contribution in [0.4, 0.5) is 0 Å². The monoisotopic (exact) mass is 246 g/mol. The Hall–Kier alpha value is -0.780. The summed E-state index contributed by atoms with van der Waals surface area (Å²) >= 11 is 0. The molecular weight excluding hydrogens is 216 g/mol. The molecule has 0 aromatic heterocycles. The van der Waals surface area contributed by atoms with Crippen LogP contribution in [0, 0.1) is 5.92 Å². The van der Waals surface area contributed by atoms with Gasteiger partial charge in [-0.2, -0.15) is 0 Å². The first-order valence-corrected chi connectivity index (χ1v) is 7.68. The van der Waals surface area contributed by atoms with Gasteiger partial charge in [0.1, 0.15) is 0 Å². The quantitative estimate of drug-likeness (QED) is 0.543. The standard InChI is InChI=1S/C18H30/c1-6-15(5)8-9-16(7-2)18-12-10-17(11-13-18)14(3)4/h10-16H,6-9H2,1-5H3/t15-,16-/m0/s1. The average molecular weight is 246 g/mol. The fourth-order valence-electron chi connectivity index (χ4n) is 2.45. The minimum Gasteiger partial charge on any atom is -0.0651 e. The average Bonchev–Trinajstić information content (AvgIpc) is 2.39. The van der Waals surface area contributed by atoms with E-state index in [-0.39, 0.29) is 0 Å². The zero-order valence-electron chi connectivity index (χ0n) is 12.9. The van der Waals surface area contributed by atoms with Gasteiger partial charge in [0.15, 0.2) is 0 Å². The van der Waals surface area contributed by atoms with Gasteiger partial charge in [0.2, 0.25) is 0 Å². The molecule has 0 saturated heterocycles. The van der Waals surface area contributed by atoms with E-state index in [2.05, 4.69) is 58.9 Å². The third-order valence-electron chi connectivity index (χ3n) is 4.27. The third-order valence-corrected chi connectivity index (χ3v) is 4.27. The van der Waals surface area contributed by atoms with Gasteiger partial charge in [-0.3, -0.25) is 0 Å². The summed E-state index contributed by atoms with van der Waals surface area (Å²) in [6.07, 6.45) is 5.27. The van der Waals surface area contributed by atoms with Gasteiger partial charge in [-0.05, 0) is 41.7 Å². The molecule has 0 unspecified atom stereocenters. The van der Waals surface area contributed by atoms with Crippen LogP contribution in [0.2, 0.25) is 0 Å². The van der Waals surface area contributed by atoms with Crippen molar-refractivity contribution < 1.29 is 0 Å². The molecule has 102 valence electrons. The molecule has 0 N–H and O–H groups in total. The number of rotatable bonds is 7. The normalized spacial score (nSPS) is 14.8. The van der Waals surface area contributed by atoms with E-state index < -0.39 is 0 Å². The summed E-state index contributed by atoms with van der Waals surface area (Å²) in [6, 6.07) is 9.32. The summed E-state index contributed by atoms with van der Waals surface area (Å²) in [5.41, 5.74) is 2.99. The van der Waals surface area contributed by atoms with Crippen LogP contribution in [-0.2, 0) is 0 Å². The molecule has 0 radical (unpaired) electrons. The molecule has 0 amide bonds. The van der Waals surface area contributed by atoms with Gasteiger partial charge in [-0.25, -0.2) is 0 Å². The lowest BCUT2D eigenvalue weighted by Gasteiger charge is -2.18. The molecule has 0 bridgehead atoms. The van der Waals surface area contributed by atoms with Gasteiger partial charge in [0.25, 0.3) is 0 Å². The maximum absolute atomic E-state index is 2.37. The molecule has 0 heteroatoms. The molecule has 0 aliphatic rings. The van der Waals surface area contributed by atoms with Gasteiger partial charge in [-0.15, -0.1) is 0 Å². The third kappa shape index (κ3) is 4.48. The molecule has 0 spiro atoms. The molecule has 0 heterocycles. The van der Waals surface area contributed by atoms with Crippen molar-refractivity contribution in [2.75, 3.05) is 0 Å². The van der Waals surface area contributed by atoms with Crippen molar-refractivity contribution in [2.45, 2.75) is 72.1 Å². The van der Waals surface area contributed by atoms with E-state index >= 15 is 0 Å². The highest BCUT2D eigenvalue weighted by Gasteiger charge is 2.11. The van der Waals surface area contributed by atoms with Crippen molar-refractivity contribution in [1.82, 2.24) is 0 Å². The molecule has 0 saturated carbocycles. The summed E-state index contributed by atoms with van der Waals surface area (Å²) in [5.74, 6) is 2.26. The van der Waals surface area contributed by atoms with Crippen LogP contribution < -0.4 is 0 Å². The van der Waals surface area contributed by atoms with Crippen LogP contribution in [0.5, 0.6) is 0 Å². The van der Waals surface area contributed by atoms with E-state index in [1.807, 2.05) is 0 Å². The molecule has 18 heavy (non-hydrogen) atoms. The van der Waals surface area contributed by atoms with Crippen molar-refractivity contribution in [2.24, 2.45) is 5.92 Å². The smallest absolute Gasteiger partial charge is 0.0164 e. The predicted molar refractivity (Wildman–Crippen MR) is 82.3 cm³/mol. The Labute approximate surface area is 114 Å². The SMILES string of the molecule is CC[C@H](C)CC[C@H](CC)c1ccc(C(C)C)cc1. The first-order valence-electron chi connectivity index (χ1n) is 7.68. The maximum atomic E-state index is 2.37. The second kappa shape index (κ2) is 7.61. The summed E-state index contributed by atoms with van der Waals surface area (Å²) in [4.78, 5) is 0. The highest BCUT2D eigenvalue weighted by atomic mass is 14.2. The topological polar surface area (TPSA) is 0 Å². The summed E-state index contributed by atoms with van der Waals surface area (Å²) in [5, 5.41) is 0. The Kier molecular flexibility index (Phi) is 6.46. The molecule has 0 nitrogen and oxygen atoms in total. The van der Waals surface area contributed by atoms with Crippen molar-refractivity contribution in [3.05, 3.63) is 35.4 Å². The van der Waals surface area contributed by atoms with Gasteiger partial charge in [0, 0.05) is 0 Å². The fraction of sp³-hybridized carbons (Fsp3) is 0.667. The summed E-state index contributed by atoms with van der Waals surface area (Å²) < 4.78 is 0. The highest BCUT2D eigenvalue weighted by Crippen LogP contribution is 2.28. The van der Waals surface area contributed by atoms with Crippen molar-refractivity contribution in [1.29, 1.82) is 0 Å². The molecular formula is C18H30. The second-order valence-corrected chi connectivity index (χ2v) is 6.02. The molecule has 1 rings (SSSR count). The van der Waals surface area contributed by atoms with Crippen molar-refractivity contribution in [3.8, 4) is 0 Å². The number of hydrogen-bond acceptors (Lipinski definition) is 0. The molecule has 2 atom stereocenters. The first kappa shape index (κ1) is 15.3. The zero-order chi connectivity index (χ0) is 13.5. The Bertz CT molecular complexity index is 320. The lowest BCUT2D eigenvalue weighted by molar-refractivity contribution is 0.454. The maximum Gasteiger partial charge on any atom is -0.0164 e.